The minimum atomic E-state index is -0.263. The van der Waals surface area contributed by atoms with Crippen LogP contribution in [-0.4, -0.2) is 0 Å². The van der Waals surface area contributed by atoms with Crippen LogP contribution in [-0.2, 0) is 11.8 Å². The smallest absolute Gasteiger partial charge is 0.0713 e. The van der Waals surface area contributed by atoms with Gasteiger partial charge in [0.25, 0.3) is 0 Å². The second-order valence-electron chi connectivity index (χ2n) is 17.6. The van der Waals surface area contributed by atoms with Crippen LogP contribution < -0.4 is 0 Å². The molecule has 0 unspecified atom stereocenters. The topological polar surface area (TPSA) is 0 Å². The molecule has 0 aliphatic heterocycles. The molecule has 0 fully saturated rings. The van der Waals surface area contributed by atoms with Gasteiger partial charge in [0, 0.05) is 25.6 Å². The summed E-state index contributed by atoms with van der Waals surface area (Å²) in [7, 11) is 0. The lowest BCUT2D eigenvalue weighted by Crippen LogP contribution is -2.28. The van der Waals surface area contributed by atoms with Gasteiger partial charge in [-0.05, 0) is 114 Å². The number of benzene rings is 9. The fraction of sp³-hybridized carbons (Fsp3) is 0.155. The summed E-state index contributed by atoms with van der Waals surface area (Å²) in [6.07, 6.45) is 16.0. The molecular weight excluding hydrogens is 885 g/mol. The molecule has 0 radical (unpaired) electrons. The van der Waals surface area contributed by atoms with Gasteiger partial charge in [-0.15, -0.1) is 11.3 Å². The first-order valence-electron chi connectivity index (χ1n) is 25.8. The minimum Gasteiger partial charge on any atom is -0.135 e. The third-order valence-electron chi connectivity index (χ3n) is 13.1. The summed E-state index contributed by atoms with van der Waals surface area (Å²) in [5.74, 6) is 0. The highest BCUT2D eigenvalue weighted by atomic mass is 32.1. The summed E-state index contributed by atoms with van der Waals surface area (Å²) in [5, 5.41) is 5.44. The van der Waals surface area contributed by atoms with Crippen LogP contribution >= 0.6 is 11.3 Å². The molecule has 0 spiro atoms. The zero-order valence-electron chi connectivity index (χ0n) is 43.8. The van der Waals surface area contributed by atoms with E-state index in [0.29, 0.717) is 0 Å². The van der Waals surface area contributed by atoms with Crippen LogP contribution in [0.2, 0.25) is 0 Å². The van der Waals surface area contributed by atoms with Gasteiger partial charge in [0.1, 0.15) is 0 Å². The largest absolute Gasteiger partial charge is 0.135 e. The van der Waals surface area contributed by atoms with E-state index in [1.807, 2.05) is 65.0 Å². The zero-order valence-corrected chi connectivity index (χ0v) is 44.6. The molecule has 11 rings (SSSR count). The molecule has 1 aliphatic rings. The highest BCUT2D eigenvalue weighted by Crippen LogP contribution is 2.56. The molecule has 9 aromatic carbocycles. The Bertz CT molecular complexity index is 3400. The van der Waals surface area contributed by atoms with Crippen molar-refractivity contribution in [3.63, 3.8) is 0 Å². The van der Waals surface area contributed by atoms with Crippen LogP contribution in [0.5, 0.6) is 0 Å². The molecule has 10 aromatic rings. The van der Waals surface area contributed by atoms with Crippen LogP contribution in [0.4, 0.5) is 0 Å². The third kappa shape index (κ3) is 11.3. The normalized spacial score (nSPS) is 12.3. The van der Waals surface area contributed by atoms with Gasteiger partial charge in [0.2, 0.25) is 0 Å². The van der Waals surface area contributed by atoms with Crippen LogP contribution in [0, 0.1) is 20.8 Å². The van der Waals surface area contributed by atoms with Crippen molar-refractivity contribution in [2.45, 2.75) is 74.1 Å². The van der Waals surface area contributed by atoms with Crippen molar-refractivity contribution in [1.82, 2.24) is 0 Å². The quantitative estimate of drug-likeness (QED) is 0.133. The SMILES string of the molecule is CC.CC.C\C=C/C(=C\C=C\C)c1ccccc1.Cc1ccc(C/C=C\c2c(C)ccc3ccc4c5ccccc5sc4c23)cc1.Cc1ccc2c(c1)C(c1ccccc1)(c1ccccc1)c1ccccc1-2. The van der Waals surface area contributed by atoms with Crippen molar-refractivity contribution in [3.8, 4) is 11.1 Å². The van der Waals surface area contributed by atoms with Gasteiger partial charge < -0.3 is 0 Å². The fourth-order valence-corrected chi connectivity index (χ4v) is 11.1. The Labute approximate surface area is 435 Å². The van der Waals surface area contributed by atoms with Gasteiger partial charge in [-0.25, -0.2) is 0 Å². The number of thiophene rings is 1. The zero-order chi connectivity index (χ0) is 50.9. The Morgan fingerprint density at radius 3 is 1.76 bits per heavy atom. The number of aryl methyl sites for hydroxylation is 3. The monoisotopic (exact) mass is 955 g/mol. The fourth-order valence-electron chi connectivity index (χ4n) is 9.79. The molecule has 0 saturated heterocycles. The number of rotatable bonds is 8. The van der Waals surface area contributed by atoms with Crippen molar-refractivity contribution in [2.24, 2.45) is 0 Å². The van der Waals surface area contributed by atoms with Crippen molar-refractivity contribution in [2.75, 3.05) is 0 Å². The molecule has 0 amide bonds. The number of hydrogen-bond acceptors (Lipinski definition) is 1. The van der Waals surface area contributed by atoms with E-state index >= 15 is 0 Å². The van der Waals surface area contributed by atoms with E-state index in [4.69, 9.17) is 0 Å². The van der Waals surface area contributed by atoms with E-state index < -0.39 is 0 Å². The summed E-state index contributed by atoms with van der Waals surface area (Å²) in [5.41, 5.74) is 17.0. The van der Waals surface area contributed by atoms with Gasteiger partial charge in [0.05, 0.1) is 5.41 Å². The molecule has 0 N–H and O–H groups in total. The molecule has 1 aliphatic carbocycles. The van der Waals surface area contributed by atoms with Gasteiger partial charge in [-0.3, -0.25) is 0 Å². The average molecular weight is 955 g/mol. The third-order valence-corrected chi connectivity index (χ3v) is 14.3. The van der Waals surface area contributed by atoms with Crippen LogP contribution in [0.3, 0.4) is 0 Å². The van der Waals surface area contributed by atoms with Crippen LogP contribution in [0.15, 0.2) is 243 Å². The molecule has 0 nitrogen and oxygen atoms in total. The first kappa shape index (κ1) is 52.2. The van der Waals surface area contributed by atoms with Crippen molar-refractivity contribution >= 4 is 53.9 Å². The lowest BCUT2D eigenvalue weighted by molar-refractivity contribution is 0.767. The molecule has 0 saturated carbocycles. The number of allylic oxidation sites excluding steroid dienone is 7. The van der Waals surface area contributed by atoms with Crippen LogP contribution in [0.25, 0.3) is 53.7 Å². The van der Waals surface area contributed by atoms with E-state index in [0.717, 1.165) is 6.42 Å². The Kier molecular flexibility index (Phi) is 18.5. The Hall–Kier alpha value is -7.58. The first-order valence-corrected chi connectivity index (χ1v) is 26.6. The van der Waals surface area contributed by atoms with E-state index in [1.54, 1.807) is 0 Å². The predicted octanol–water partition coefficient (Wildman–Crippen LogP) is 20.7. The predicted molar refractivity (Wildman–Crippen MR) is 321 cm³/mol. The number of fused-ring (bicyclic) bond motifs is 8. The minimum absolute atomic E-state index is 0.263. The van der Waals surface area contributed by atoms with Crippen molar-refractivity contribution in [3.05, 3.63) is 298 Å². The average Bonchev–Trinajstić information content (AvgIpc) is 3.97. The molecule has 1 aromatic heterocycles. The summed E-state index contributed by atoms with van der Waals surface area (Å²) in [6.45, 7) is 18.6. The van der Waals surface area contributed by atoms with E-state index in [-0.39, 0.29) is 5.41 Å². The Balaban J connectivity index is 0.000000161. The highest BCUT2D eigenvalue weighted by molar-refractivity contribution is 7.26. The van der Waals surface area contributed by atoms with E-state index in [2.05, 4.69) is 257 Å². The van der Waals surface area contributed by atoms with Gasteiger partial charge in [0.15, 0.2) is 0 Å². The summed E-state index contributed by atoms with van der Waals surface area (Å²) < 4.78 is 2.76. The highest BCUT2D eigenvalue weighted by Gasteiger charge is 2.45. The molecule has 1 heteroatoms. The van der Waals surface area contributed by atoms with Gasteiger partial charge >= 0.3 is 0 Å². The molecule has 360 valence electrons. The van der Waals surface area contributed by atoms with Crippen molar-refractivity contribution in [1.29, 1.82) is 0 Å². The molecule has 72 heavy (non-hydrogen) atoms. The standard InChI is InChI=1S/C27H22S.C26H20.C14H16.2C2H6/c1-18-10-13-20(14-11-18)6-5-8-22-19(2)12-15-21-16-17-24-23-7-3-4-9-25(23)28-27(24)26(21)22;1-19-16-17-23-22-14-8-9-15-24(22)26(25(23)18-19,20-10-4-2-5-11-20)21-12-6-3-7-13-21;1-3-5-10-13(9-4-2)14-11-7-6-8-12-14;2*1-2/h3-5,7-17H,6H2,1-2H3;2-18H,1H3;3-12H,1-2H3;2*1-2H3/b8-5-;;5-3+,9-4-,13-10+;;. The Morgan fingerprint density at radius 1 is 0.514 bits per heavy atom. The Morgan fingerprint density at radius 2 is 1.10 bits per heavy atom. The maximum Gasteiger partial charge on any atom is 0.0713 e. The maximum absolute atomic E-state index is 2.37. The van der Waals surface area contributed by atoms with Crippen molar-refractivity contribution < 1.29 is 0 Å². The molecule has 0 atom stereocenters. The summed E-state index contributed by atoms with van der Waals surface area (Å²) in [4.78, 5) is 0. The number of hydrogen-bond donors (Lipinski definition) is 0. The molecule has 0 bridgehead atoms. The van der Waals surface area contributed by atoms with Gasteiger partial charge in [-0.1, -0.05) is 282 Å². The van der Waals surface area contributed by atoms with Gasteiger partial charge in [-0.2, -0.15) is 0 Å². The second kappa shape index (κ2) is 25.5. The lowest BCUT2D eigenvalue weighted by atomic mass is 9.67. The van der Waals surface area contributed by atoms with E-state index in [9.17, 15) is 0 Å². The summed E-state index contributed by atoms with van der Waals surface area (Å²) in [6, 6.07) is 74.6. The first-order chi connectivity index (χ1) is 35.4. The maximum atomic E-state index is 2.37. The molecule has 1 heterocycles. The summed E-state index contributed by atoms with van der Waals surface area (Å²) >= 11 is 1.91. The molecular formula is C71H70S. The van der Waals surface area contributed by atoms with Crippen LogP contribution in [0.1, 0.15) is 97.2 Å². The lowest BCUT2D eigenvalue weighted by Gasteiger charge is -2.34. The second-order valence-corrected chi connectivity index (χ2v) is 18.7. The van der Waals surface area contributed by atoms with E-state index in [1.165, 1.54) is 103 Å².